The number of benzene rings is 3. The quantitative estimate of drug-likeness (QED) is 0.491. The minimum absolute atomic E-state index is 0.225. The molecule has 4 rings (SSSR count). The van der Waals surface area contributed by atoms with E-state index >= 15 is 0 Å². The Morgan fingerprint density at radius 1 is 1.03 bits per heavy atom. The van der Waals surface area contributed by atoms with Gasteiger partial charge in [0.1, 0.15) is 5.82 Å². The lowest BCUT2D eigenvalue weighted by molar-refractivity contribution is 0.150. The van der Waals surface area contributed by atoms with Crippen LogP contribution in [-0.4, -0.2) is 40.1 Å². The van der Waals surface area contributed by atoms with Crippen molar-refractivity contribution >= 4 is 10.0 Å². The summed E-state index contributed by atoms with van der Waals surface area (Å²) >= 11 is 0. The van der Waals surface area contributed by atoms with Crippen LogP contribution in [0.4, 0.5) is 4.39 Å². The van der Waals surface area contributed by atoms with E-state index in [1.807, 2.05) is 26.0 Å². The number of hydrogen-bond acceptors (Lipinski definition) is 5. The van der Waals surface area contributed by atoms with Gasteiger partial charge in [-0.25, -0.2) is 17.5 Å². The van der Waals surface area contributed by atoms with Crippen LogP contribution in [-0.2, 0) is 23.0 Å². The molecule has 0 aromatic heterocycles. The molecule has 0 radical (unpaired) electrons. The Labute approximate surface area is 206 Å². The van der Waals surface area contributed by atoms with Crippen LogP contribution < -0.4 is 14.2 Å². The van der Waals surface area contributed by atoms with Crippen LogP contribution in [0.3, 0.4) is 0 Å². The Morgan fingerprint density at radius 2 is 1.66 bits per heavy atom. The van der Waals surface area contributed by atoms with E-state index < -0.39 is 16.1 Å². The maximum Gasteiger partial charge on any atom is 0.240 e. The van der Waals surface area contributed by atoms with Gasteiger partial charge in [0.15, 0.2) is 11.5 Å². The number of fused-ring (bicyclic) bond motifs is 1. The van der Waals surface area contributed by atoms with E-state index in [0.717, 1.165) is 28.7 Å². The smallest absolute Gasteiger partial charge is 0.240 e. The zero-order valence-corrected chi connectivity index (χ0v) is 21.2. The molecule has 1 aliphatic heterocycles. The van der Waals surface area contributed by atoms with Gasteiger partial charge in [-0.2, -0.15) is 0 Å². The molecule has 6 nitrogen and oxygen atoms in total. The molecule has 8 heteroatoms. The number of rotatable bonds is 8. The maximum absolute atomic E-state index is 13.5. The molecule has 0 aliphatic carbocycles. The van der Waals surface area contributed by atoms with Gasteiger partial charge in [0.05, 0.1) is 25.2 Å². The molecule has 0 amide bonds. The lowest BCUT2D eigenvalue weighted by Gasteiger charge is -2.41. The topological polar surface area (TPSA) is 67.9 Å². The van der Waals surface area contributed by atoms with Crippen molar-refractivity contribution in [3.05, 3.63) is 88.7 Å². The molecule has 0 saturated heterocycles. The molecule has 1 N–H and O–H groups in total. The van der Waals surface area contributed by atoms with E-state index in [1.165, 1.54) is 12.1 Å². The first-order valence-corrected chi connectivity index (χ1v) is 13.0. The number of ether oxygens (including phenoxy) is 2. The van der Waals surface area contributed by atoms with Gasteiger partial charge in [-0.1, -0.05) is 29.8 Å². The molecule has 0 saturated carbocycles. The van der Waals surface area contributed by atoms with Crippen molar-refractivity contribution in [2.45, 2.75) is 43.8 Å². The van der Waals surface area contributed by atoms with Gasteiger partial charge in [-0.05, 0) is 73.4 Å². The van der Waals surface area contributed by atoms with Crippen molar-refractivity contribution in [1.82, 2.24) is 9.62 Å². The minimum Gasteiger partial charge on any atom is -0.493 e. The van der Waals surface area contributed by atoms with Crippen LogP contribution in [0.5, 0.6) is 11.5 Å². The summed E-state index contributed by atoms with van der Waals surface area (Å²) in [4.78, 5) is 2.45. The zero-order chi connectivity index (χ0) is 25.2. The van der Waals surface area contributed by atoms with E-state index in [2.05, 4.69) is 9.62 Å². The van der Waals surface area contributed by atoms with E-state index in [4.69, 9.17) is 9.47 Å². The zero-order valence-electron chi connectivity index (χ0n) is 20.4. The molecule has 2 atom stereocenters. The summed E-state index contributed by atoms with van der Waals surface area (Å²) in [6, 6.07) is 16.4. The molecule has 186 valence electrons. The highest BCUT2D eigenvalue weighted by Crippen LogP contribution is 2.40. The molecule has 0 bridgehead atoms. The summed E-state index contributed by atoms with van der Waals surface area (Å²) in [6.45, 7) is 5.05. The van der Waals surface area contributed by atoms with E-state index in [9.17, 15) is 12.8 Å². The molecule has 1 heterocycles. The fourth-order valence-corrected chi connectivity index (χ4v) is 5.96. The number of hydrogen-bond donors (Lipinski definition) is 1. The Hall–Kier alpha value is -2.94. The Balaban J connectivity index is 1.71. The summed E-state index contributed by atoms with van der Waals surface area (Å²) in [5, 5.41) is 0. The third-order valence-electron chi connectivity index (χ3n) is 6.47. The van der Waals surface area contributed by atoms with E-state index in [-0.39, 0.29) is 16.8 Å². The maximum atomic E-state index is 13.5. The Bertz CT molecular complexity index is 1280. The van der Waals surface area contributed by atoms with Crippen molar-refractivity contribution in [3.8, 4) is 11.5 Å². The highest BCUT2D eigenvalue weighted by molar-refractivity contribution is 7.89. The predicted octanol–water partition coefficient (Wildman–Crippen LogP) is 4.62. The normalized spacial score (nSPS) is 17.0. The first-order valence-electron chi connectivity index (χ1n) is 11.5. The molecule has 3 aromatic rings. The summed E-state index contributed by atoms with van der Waals surface area (Å²) < 4.78 is 53.9. The first-order chi connectivity index (χ1) is 16.7. The number of methoxy groups -OCH3 is 2. The number of nitrogens with one attached hydrogen (secondary N) is 1. The van der Waals surface area contributed by atoms with Crippen molar-refractivity contribution < 1.29 is 22.3 Å². The van der Waals surface area contributed by atoms with Gasteiger partial charge in [0.25, 0.3) is 0 Å². The molecular weight excluding hydrogens is 467 g/mol. The van der Waals surface area contributed by atoms with Crippen molar-refractivity contribution in [1.29, 1.82) is 0 Å². The van der Waals surface area contributed by atoms with Gasteiger partial charge >= 0.3 is 0 Å². The predicted molar refractivity (Wildman–Crippen MR) is 134 cm³/mol. The fraction of sp³-hybridized carbons (Fsp3) is 0.333. The van der Waals surface area contributed by atoms with E-state index in [1.54, 1.807) is 50.6 Å². The standard InChI is InChI=1S/C27H31FN2O4S/c1-18-5-11-23(12-6-18)35(31,32)29-19(2)27-24-16-26(34-4)25(33-3)15-21(24)13-14-30(27)17-20-7-9-22(28)10-8-20/h5-12,15-16,19,27,29H,13-14,17H2,1-4H3. The second-order valence-electron chi connectivity index (χ2n) is 8.92. The van der Waals surface area contributed by atoms with Crippen molar-refractivity contribution in [2.75, 3.05) is 20.8 Å². The third kappa shape index (κ3) is 5.50. The highest BCUT2D eigenvalue weighted by atomic mass is 32.2. The number of aryl methyl sites for hydroxylation is 1. The molecule has 1 aliphatic rings. The molecule has 0 spiro atoms. The number of sulfonamides is 1. The van der Waals surface area contributed by atoms with Crippen LogP contribution in [0.2, 0.25) is 0 Å². The molecular formula is C27H31FN2O4S. The molecule has 2 unspecified atom stereocenters. The number of halogens is 1. The van der Waals surface area contributed by atoms with E-state index in [0.29, 0.717) is 24.6 Å². The second kappa shape index (κ2) is 10.4. The minimum atomic E-state index is -3.74. The Morgan fingerprint density at radius 3 is 2.29 bits per heavy atom. The lowest BCUT2D eigenvalue weighted by atomic mass is 9.88. The van der Waals surface area contributed by atoms with Gasteiger partial charge in [-0.15, -0.1) is 0 Å². The molecule has 0 fully saturated rings. The van der Waals surface area contributed by atoms with Crippen molar-refractivity contribution in [3.63, 3.8) is 0 Å². The van der Waals surface area contributed by atoms with Crippen LogP contribution >= 0.6 is 0 Å². The summed E-state index contributed by atoms with van der Waals surface area (Å²) in [5.41, 5.74) is 4.01. The average Bonchev–Trinajstić information content (AvgIpc) is 2.84. The van der Waals surface area contributed by atoms with Crippen LogP contribution in [0.15, 0.2) is 65.6 Å². The monoisotopic (exact) mass is 498 g/mol. The summed E-state index contributed by atoms with van der Waals surface area (Å²) in [7, 11) is -0.555. The fourth-order valence-electron chi connectivity index (χ4n) is 4.71. The molecule has 35 heavy (non-hydrogen) atoms. The lowest BCUT2D eigenvalue weighted by Crippen LogP contribution is -2.47. The number of nitrogens with zero attached hydrogens (tertiary/aromatic N) is 1. The largest absolute Gasteiger partial charge is 0.493 e. The SMILES string of the molecule is COc1cc2c(cc1OC)C(C(C)NS(=O)(=O)c1ccc(C)cc1)N(Cc1ccc(F)cc1)CC2. The second-order valence-corrected chi connectivity index (χ2v) is 10.6. The van der Waals surface area contributed by atoms with Crippen LogP contribution in [0.1, 0.15) is 35.2 Å². The van der Waals surface area contributed by atoms with Crippen LogP contribution in [0.25, 0.3) is 0 Å². The summed E-state index contributed by atoms with van der Waals surface area (Å²) in [5.74, 6) is 0.948. The Kier molecular flexibility index (Phi) is 7.44. The molecule has 3 aromatic carbocycles. The van der Waals surface area contributed by atoms with Gasteiger partial charge in [-0.3, -0.25) is 4.90 Å². The van der Waals surface area contributed by atoms with Crippen molar-refractivity contribution in [2.24, 2.45) is 0 Å². The summed E-state index contributed by atoms with van der Waals surface area (Å²) in [6.07, 6.45) is 0.769. The first kappa shape index (κ1) is 25.2. The third-order valence-corrected chi connectivity index (χ3v) is 8.05. The van der Waals surface area contributed by atoms with Crippen LogP contribution in [0, 0.1) is 12.7 Å². The van der Waals surface area contributed by atoms with Gasteiger partial charge < -0.3 is 9.47 Å². The van der Waals surface area contributed by atoms with Gasteiger partial charge in [0, 0.05) is 19.1 Å². The van der Waals surface area contributed by atoms with Gasteiger partial charge in [0.2, 0.25) is 10.0 Å². The average molecular weight is 499 g/mol. The highest BCUT2D eigenvalue weighted by Gasteiger charge is 2.35.